The van der Waals surface area contributed by atoms with Gasteiger partial charge < -0.3 is 14.2 Å². The molecule has 0 atom stereocenters. The van der Waals surface area contributed by atoms with E-state index in [4.69, 9.17) is 14.2 Å². The minimum atomic E-state index is -0.481. The van der Waals surface area contributed by atoms with Crippen molar-refractivity contribution >= 4 is 11.5 Å². The molecule has 0 amide bonds. The maximum Gasteiger partial charge on any atom is 0.270 e. The van der Waals surface area contributed by atoms with Crippen LogP contribution >= 0.6 is 0 Å². The van der Waals surface area contributed by atoms with Crippen molar-refractivity contribution in [3.8, 4) is 17.2 Å². The SMILES string of the molecule is COc1ccc([N+](=O)[O-])cc1COc1ccc(C(C)=O)cc1OC. The Labute approximate surface area is 138 Å². The molecule has 0 aliphatic carbocycles. The summed E-state index contributed by atoms with van der Waals surface area (Å²) in [5, 5.41) is 10.9. The molecule has 126 valence electrons. The summed E-state index contributed by atoms with van der Waals surface area (Å²) in [5.41, 5.74) is 0.991. The van der Waals surface area contributed by atoms with Gasteiger partial charge >= 0.3 is 0 Å². The fourth-order valence-corrected chi connectivity index (χ4v) is 2.15. The molecule has 0 radical (unpaired) electrons. The number of benzene rings is 2. The number of Topliss-reactive ketones (excluding diaryl/α,β-unsaturated/α-hetero) is 1. The van der Waals surface area contributed by atoms with Crippen LogP contribution in [0.2, 0.25) is 0 Å². The van der Waals surface area contributed by atoms with Crippen molar-refractivity contribution in [3.63, 3.8) is 0 Å². The molecule has 0 unspecified atom stereocenters. The molecule has 2 aromatic rings. The Morgan fingerprint density at radius 2 is 1.71 bits per heavy atom. The first-order valence-corrected chi connectivity index (χ1v) is 7.09. The molecule has 2 aromatic carbocycles. The first kappa shape index (κ1) is 17.3. The Bertz CT molecular complexity index is 772. The van der Waals surface area contributed by atoms with E-state index in [0.717, 1.165) is 0 Å². The van der Waals surface area contributed by atoms with Crippen LogP contribution in [0.25, 0.3) is 0 Å². The van der Waals surface area contributed by atoms with E-state index in [0.29, 0.717) is 28.4 Å². The highest BCUT2D eigenvalue weighted by Gasteiger charge is 2.14. The van der Waals surface area contributed by atoms with Crippen molar-refractivity contribution in [2.45, 2.75) is 13.5 Å². The normalized spacial score (nSPS) is 10.1. The van der Waals surface area contributed by atoms with Crippen LogP contribution in [0.1, 0.15) is 22.8 Å². The number of hydrogen-bond acceptors (Lipinski definition) is 6. The number of nitro benzene ring substituents is 1. The number of nitro groups is 1. The van der Waals surface area contributed by atoms with E-state index in [-0.39, 0.29) is 18.1 Å². The Kier molecular flexibility index (Phi) is 5.36. The average Bonchev–Trinajstić information content (AvgIpc) is 2.59. The Morgan fingerprint density at radius 3 is 2.29 bits per heavy atom. The number of nitrogens with zero attached hydrogens (tertiary/aromatic N) is 1. The molecule has 7 nitrogen and oxygen atoms in total. The first-order valence-electron chi connectivity index (χ1n) is 7.09. The second kappa shape index (κ2) is 7.45. The topological polar surface area (TPSA) is 87.9 Å². The minimum absolute atomic E-state index is 0.0479. The molecule has 0 heterocycles. The van der Waals surface area contributed by atoms with E-state index in [1.807, 2.05) is 0 Å². The highest BCUT2D eigenvalue weighted by molar-refractivity contribution is 5.94. The fraction of sp³-hybridized carbons (Fsp3) is 0.235. The average molecular weight is 331 g/mol. The van der Waals surface area contributed by atoms with Crippen LogP contribution in [0.15, 0.2) is 36.4 Å². The summed E-state index contributed by atoms with van der Waals surface area (Å²) < 4.78 is 16.1. The van der Waals surface area contributed by atoms with Crippen molar-refractivity contribution < 1.29 is 23.9 Å². The predicted molar refractivity (Wildman–Crippen MR) is 87.0 cm³/mol. The van der Waals surface area contributed by atoms with Crippen molar-refractivity contribution in [2.24, 2.45) is 0 Å². The maximum atomic E-state index is 11.4. The third-order valence-corrected chi connectivity index (χ3v) is 3.43. The molecule has 0 saturated carbocycles. The zero-order valence-electron chi connectivity index (χ0n) is 13.6. The van der Waals surface area contributed by atoms with Crippen LogP contribution in [0, 0.1) is 10.1 Å². The molecule has 0 spiro atoms. The lowest BCUT2D eigenvalue weighted by atomic mass is 10.1. The fourth-order valence-electron chi connectivity index (χ4n) is 2.15. The van der Waals surface area contributed by atoms with E-state index in [1.165, 1.54) is 39.3 Å². The summed E-state index contributed by atoms with van der Waals surface area (Å²) in [5.74, 6) is 1.24. The molecule has 0 aliphatic heterocycles. The lowest BCUT2D eigenvalue weighted by molar-refractivity contribution is -0.385. The molecule has 24 heavy (non-hydrogen) atoms. The lowest BCUT2D eigenvalue weighted by Gasteiger charge is -2.13. The van der Waals surface area contributed by atoms with Crippen LogP contribution in [-0.4, -0.2) is 24.9 Å². The van der Waals surface area contributed by atoms with Crippen LogP contribution < -0.4 is 14.2 Å². The van der Waals surface area contributed by atoms with Gasteiger partial charge in [0, 0.05) is 23.3 Å². The lowest BCUT2D eigenvalue weighted by Crippen LogP contribution is -2.02. The van der Waals surface area contributed by atoms with Crippen LogP contribution in [0.3, 0.4) is 0 Å². The smallest absolute Gasteiger partial charge is 0.270 e. The summed E-state index contributed by atoms with van der Waals surface area (Å²) in [4.78, 5) is 21.8. The minimum Gasteiger partial charge on any atom is -0.496 e. The maximum absolute atomic E-state index is 11.4. The van der Waals surface area contributed by atoms with Crippen LogP contribution in [-0.2, 0) is 6.61 Å². The number of hydrogen-bond donors (Lipinski definition) is 0. The summed E-state index contributed by atoms with van der Waals surface area (Å²) >= 11 is 0. The van der Waals surface area contributed by atoms with Crippen LogP contribution in [0.5, 0.6) is 17.2 Å². The second-order valence-corrected chi connectivity index (χ2v) is 4.96. The van der Waals surface area contributed by atoms with E-state index in [1.54, 1.807) is 18.2 Å². The number of rotatable bonds is 7. The molecule has 0 saturated heterocycles. The highest BCUT2D eigenvalue weighted by Crippen LogP contribution is 2.31. The van der Waals surface area contributed by atoms with Gasteiger partial charge in [-0.25, -0.2) is 0 Å². The number of carbonyl (C=O) groups is 1. The summed E-state index contributed by atoms with van der Waals surface area (Å²) in [6, 6.07) is 9.12. The molecule has 2 rings (SSSR count). The van der Waals surface area contributed by atoms with Gasteiger partial charge in [0.1, 0.15) is 12.4 Å². The summed E-state index contributed by atoms with van der Waals surface area (Å²) in [7, 11) is 2.95. The van der Waals surface area contributed by atoms with Gasteiger partial charge in [0.25, 0.3) is 5.69 Å². The molecule has 7 heteroatoms. The van der Waals surface area contributed by atoms with Gasteiger partial charge in [-0.15, -0.1) is 0 Å². The van der Waals surface area contributed by atoms with Gasteiger partial charge in [-0.1, -0.05) is 0 Å². The predicted octanol–water partition coefficient (Wildman–Crippen LogP) is 3.39. The van der Waals surface area contributed by atoms with E-state index in [2.05, 4.69) is 0 Å². The van der Waals surface area contributed by atoms with Crippen molar-refractivity contribution in [3.05, 3.63) is 57.6 Å². The first-order chi connectivity index (χ1) is 11.5. The molecular weight excluding hydrogens is 314 g/mol. The Morgan fingerprint density at radius 1 is 1.04 bits per heavy atom. The van der Waals surface area contributed by atoms with Crippen molar-refractivity contribution in [1.82, 2.24) is 0 Å². The monoisotopic (exact) mass is 331 g/mol. The largest absolute Gasteiger partial charge is 0.496 e. The molecule has 0 aliphatic rings. The molecular formula is C17H17NO6. The number of carbonyl (C=O) groups excluding carboxylic acids is 1. The number of methoxy groups -OCH3 is 2. The van der Waals surface area contributed by atoms with Gasteiger partial charge in [-0.3, -0.25) is 14.9 Å². The van der Waals surface area contributed by atoms with Gasteiger partial charge in [-0.05, 0) is 31.2 Å². The number of ether oxygens (including phenoxy) is 3. The molecule has 0 bridgehead atoms. The van der Waals surface area contributed by atoms with E-state index < -0.39 is 4.92 Å². The third-order valence-electron chi connectivity index (χ3n) is 3.43. The summed E-state index contributed by atoms with van der Waals surface area (Å²) in [6.45, 7) is 1.52. The summed E-state index contributed by atoms with van der Waals surface area (Å²) in [6.07, 6.45) is 0. The molecule has 0 fully saturated rings. The standard InChI is InChI=1S/C17H17NO6/c1-11(19)12-4-6-16(17(9-12)23-3)24-10-13-8-14(18(20)21)5-7-15(13)22-2/h4-9H,10H2,1-3H3. The van der Waals surface area contributed by atoms with Crippen LogP contribution in [0.4, 0.5) is 5.69 Å². The van der Waals surface area contributed by atoms with Crippen molar-refractivity contribution in [2.75, 3.05) is 14.2 Å². The Hall–Kier alpha value is -3.09. The van der Waals surface area contributed by atoms with E-state index >= 15 is 0 Å². The van der Waals surface area contributed by atoms with Gasteiger partial charge in [0.2, 0.25) is 0 Å². The van der Waals surface area contributed by atoms with Gasteiger partial charge in [0.05, 0.1) is 19.1 Å². The van der Waals surface area contributed by atoms with Crippen molar-refractivity contribution in [1.29, 1.82) is 0 Å². The quantitative estimate of drug-likeness (QED) is 0.439. The number of non-ortho nitro benzene ring substituents is 1. The van der Waals surface area contributed by atoms with Gasteiger partial charge in [0.15, 0.2) is 17.3 Å². The van der Waals surface area contributed by atoms with Gasteiger partial charge in [-0.2, -0.15) is 0 Å². The second-order valence-electron chi connectivity index (χ2n) is 4.96. The number of ketones is 1. The highest BCUT2D eigenvalue weighted by atomic mass is 16.6. The van der Waals surface area contributed by atoms with E-state index in [9.17, 15) is 14.9 Å². The third kappa shape index (κ3) is 3.81. The zero-order chi connectivity index (χ0) is 17.7. The molecule has 0 N–H and O–H groups in total. The zero-order valence-corrected chi connectivity index (χ0v) is 13.6. The Balaban J connectivity index is 2.26. The molecule has 0 aromatic heterocycles.